The van der Waals surface area contributed by atoms with E-state index in [4.69, 9.17) is 29.4 Å². The van der Waals surface area contributed by atoms with Gasteiger partial charge in [0.1, 0.15) is 12.1 Å². The normalized spacial score (nSPS) is 13.9. The molecular formula is C41H82NO9P. The second-order valence-electron chi connectivity index (χ2n) is 14.8. The second kappa shape index (κ2) is 38.3. The van der Waals surface area contributed by atoms with E-state index in [9.17, 15) is 19.0 Å². The van der Waals surface area contributed by atoms with Gasteiger partial charge in [0, 0.05) is 13.0 Å². The smallest absolute Gasteiger partial charge is 0.472 e. The Balaban J connectivity index is 4.02. The van der Waals surface area contributed by atoms with Crippen molar-refractivity contribution in [3.05, 3.63) is 0 Å². The molecule has 0 aromatic rings. The van der Waals surface area contributed by atoms with Gasteiger partial charge in [-0.15, -0.1) is 0 Å². The predicted octanol–water partition coefficient (Wildman–Crippen LogP) is 11.6. The van der Waals surface area contributed by atoms with E-state index < -0.39 is 45.1 Å². The van der Waals surface area contributed by atoms with Crippen molar-refractivity contribution < 1.29 is 42.7 Å². The number of carbonyl (C=O) groups is 2. The number of phosphoric ester groups is 1. The van der Waals surface area contributed by atoms with Crippen molar-refractivity contribution in [2.45, 2.75) is 225 Å². The molecule has 310 valence electrons. The standard InChI is InChI=1S/C41H82NO9P/c1-3-5-7-9-11-13-14-15-16-17-18-19-20-21-22-23-24-25-26-27-29-31-33-40(43)51-38(35-48-34-32-30-28-12-10-8-6-4-2)36-49-52(46,47)50-37-39(42)41(44)45/h38-39H,3-37,42H2,1-2H3,(H,44,45)(H,46,47). The van der Waals surface area contributed by atoms with E-state index >= 15 is 0 Å². The minimum atomic E-state index is -4.60. The first kappa shape index (κ1) is 51.0. The number of hydrogen-bond donors (Lipinski definition) is 3. The zero-order chi connectivity index (χ0) is 38.4. The Bertz CT molecular complexity index is 847. The number of carboxylic acid groups (broad SMARTS) is 1. The Labute approximate surface area is 319 Å². The molecule has 0 rings (SSSR count). The zero-order valence-electron chi connectivity index (χ0n) is 33.7. The Morgan fingerprint density at radius 2 is 0.885 bits per heavy atom. The quantitative estimate of drug-likeness (QED) is 0.0311. The van der Waals surface area contributed by atoms with E-state index in [1.807, 2.05) is 0 Å². The van der Waals surface area contributed by atoms with Crippen LogP contribution in [0.4, 0.5) is 0 Å². The lowest BCUT2D eigenvalue weighted by atomic mass is 10.0. The van der Waals surface area contributed by atoms with Gasteiger partial charge in [-0.25, -0.2) is 4.57 Å². The number of ether oxygens (including phenoxy) is 2. The van der Waals surface area contributed by atoms with Crippen LogP contribution in [0.25, 0.3) is 0 Å². The molecule has 11 heteroatoms. The molecular weight excluding hydrogens is 681 g/mol. The molecule has 0 aliphatic carbocycles. The minimum absolute atomic E-state index is 0.0240. The molecule has 0 heterocycles. The monoisotopic (exact) mass is 764 g/mol. The molecule has 0 fully saturated rings. The highest BCUT2D eigenvalue weighted by Gasteiger charge is 2.27. The van der Waals surface area contributed by atoms with E-state index in [1.165, 1.54) is 154 Å². The molecule has 0 aromatic heterocycles. The van der Waals surface area contributed by atoms with Crippen molar-refractivity contribution in [1.82, 2.24) is 0 Å². The Morgan fingerprint density at radius 1 is 0.538 bits per heavy atom. The highest BCUT2D eigenvalue weighted by molar-refractivity contribution is 7.47. The van der Waals surface area contributed by atoms with Crippen LogP contribution < -0.4 is 5.73 Å². The topological polar surface area (TPSA) is 155 Å². The summed E-state index contributed by atoms with van der Waals surface area (Å²) in [5.41, 5.74) is 5.34. The van der Waals surface area contributed by atoms with Crippen LogP contribution in [0.2, 0.25) is 0 Å². The van der Waals surface area contributed by atoms with Crippen molar-refractivity contribution in [2.75, 3.05) is 26.4 Å². The molecule has 52 heavy (non-hydrogen) atoms. The number of nitrogens with two attached hydrogens (primary N) is 1. The van der Waals surface area contributed by atoms with E-state index in [1.54, 1.807) is 0 Å². The van der Waals surface area contributed by atoms with Crippen LogP contribution in [-0.4, -0.2) is 60.5 Å². The molecule has 3 unspecified atom stereocenters. The van der Waals surface area contributed by atoms with E-state index in [0.717, 1.165) is 38.5 Å². The van der Waals surface area contributed by atoms with Gasteiger partial charge in [0.05, 0.1) is 19.8 Å². The highest BCUT2D eigenvalue weighted by atomic mass is 31.2. The fourth-order valence-corrected chi connectivity index (χ4v) is 7.03. The Kier molecular flexibility index (Phi) is 37.5. The molecule has 0 aromatic carbocycles. The van der Waals surface area contributed by atoms with Gasteiger partial charge in [-0.3, -0.25) is 18.6 Å². The first-order valence-corrected chi connectivity index (χ1v) is 23.1. The summed E-state index contributed by atoms with van der Waals surface area (Å²) in [5, 5.41) is 8.86. The van der Waals surface area contributed by atoms with Crippen LogP contribution >= 0.6 is 7.82 Å². The lowest BCUT2D eigenvalue weighted by Gasteiger charge is -2.20. The van der Waals surface area contributed by atoms with Crippen molar-refractivity contribution in [3.8, 4) is 0 Å². The van der Waals surface area contributed by atoms with Gasteiger partial charge in [-0.05, 0) is 12.8 Å². The molecule has 0 amide bonds. The summed E-state index contributed by atoms with van der Waals surface area (Å²) in [4.78, 5) is 33.4. The van der Waals surface area contributed by atoms with Crippen LogP contribution in [0, 0.1) is 0 Å². The van der Waals surface area contributed by atoms with Gasteiger partial charge >= 0.3 is 19.8 Å². The number of carboxylic acids is 1. The minimum Gasteiger partial charge on any atom is -0.480 e. The summed E-state index contributed by atoms with van der Waals surface area (Å²) in [6.07, 6.45) is 37.5. The molecule has 0 spiro atoms. The van der Waals surface area contributed by atoms with Gasteiger partial charge in [0.2, 0.25) is 0 Å². The summed E-state index contributed by atoms with van der Waals surface area (Å²) < 4.78 is 33.2. The van der Waals surface area contributed by atoms with Crippen molar-refractivity contribution in [2.24, 2.45) is 5.73 Å². The van der Waals surface area contributed by atoms with Crippen LogP contribution in [0.15, 0.2) is 0 Å². The third-order valence-electron chi connectivity index (χ3n) is 9.64. The third-order valence-corrected chi connectivity index (χ3v) is 10.6. The molecule has 0 aliphatic rings. The SMILES string of the molecule is CCCCCCCCCCCCCCCCCCCCCCCCC(=O)OC(COCCCCCCCCCC)COP(=O)(O)OCC(N)C(=O)O. The van der Waals surface area contributed by atoms with E-state index in [-0.39, 0.29) is 13.0 Å². The fraction of sp³-hybridized carbons (Fsp3) is 0.951. The predicted molar refractivity (Wildman–Crippen MR) is 213 cm³/mol. The average Bonchev–Trinajstić information content (AvgIpc) is 3.12. The van der Waals surface area contributed by atoms with Gasteiger partial charge in [-0.1, -0.05) is 194 Å². The first-order valence-electron chi connectivity index (χ1n) is 21.6. The lowest BCUT2D eigenvalue weighted by molar-refractivity contribution is -0.154. The van der Waals surface area contributed by atoms with Gasteiger partial charge in [0.15, 0.2) is 0 Å². The largest absolute Gasteiger partial charge is 0.480 e. The lowest BCUT2D eigenvalue weighted by Crippen LogP contribution is -2.34. The van der Waals surface area contributed by atoms with Gasteiger partial charge < -0.3 is 25.2 Å². The maximum Gasteiger partial charge on any atom is 0.472 e. The molecule has 0 saturated heterocycles. The molecule has 0 aliphatic heterocycles. The Morgan fingerprint density at radius 3 is 1.27 bits per heavy atom. The van der Waals surface area contributed by atoms with Crippen LogP contribution in [0.1, 0.15) is 213 Å². The third kappa shape index (κ3) is 37.3. The van der Waals surface area contributed by atoms with Crippen LogP contribution in [0.5, 0.6) is 0 Å². The average molecular weight is 764 g/mol. The molecule has 10 nitrogen and oxygen atoms in total. The summed E-state index contributed by atoms with van der Waals surface area (Å²) in [6.45, 7) is 3.89. The fourth-order valence-electron chi connectivity index (χ4n) is 6.25. The molecule has 3 atom stereocenters. The van der Waals surface area contributed by atoms with Gasteiger partial charge in [0.25, 0.3) is 0 Å². The summed E-state index contributed by atoms with van der Waals surface area (Å²) in [5.74, 6) is -1.77. The maximum absolute atomic E-state index is 12.6. The summed E-state index contributed by atoms with van der Waals surface area (Å²) >= 11 is 0. The maximum atomic E-state index is 12.6. The van der Waals surface area contributed by atoms with Crippen LogP contribution in [0.3, 0.4) is 0 Å². The van der Waals surface area contributed by atoms with E-state index in [2.05, 4.69) is 13.8 Å². The van der Waals surface area contributed by atoms with Crippen molar-refractivity contribution >= 4 is 19.8 Å². The molecule has 4 N–H and O–H groups in total. The van der Waals surface area contributed by atoms with Crippen molar-refractivity contribution in [3.63, 3.8) is 0 Å². The number of phosphoric acid groups is 1. The summed E-state index contributed by atoms with van der Waals surface area (Å²) in [7, 11) is -4.60. The first-order chi connectivity index (χ1) is 25.2. The number of hydrogen-bond acceptors (Lipinski definition) is 8. The highest BCUT2D eigenvalue weighted by Crippen LogP contribution is 2.43. The van der Waals surface area contributed by atoms with Crippen LogP contribution in [-0.2, 0) is 32.7 Å². The zero-order valence-corrected chi connectivity index (χ0v) is 34.6. The van der Waals surface area contributed by atoms with Crippen molar-refractivity contribution in [1.29, 1.82) is 0 Å². The number of rotatable bonds is 42. The Hall–Kier alpha value is -1.03. The van der Waals surface area contributed by atoms with Gasteiger partial charge in [-0.2, -0.15) is 0 Å². The van der Waals surface area contributed by atoms with E-state index in [0.29, 0.717) is 6.61 Å². The molecule has 0 radical (unpaired) electrons. The number of unbranched alkanes of at least 4 members (excludes halogenated alkanes) is 28. The number of carbonyl (C=O) groups excluding carboxylic acids is 1. The second-order valence-corrected chi connectivity index (χ2v) is 16.3. The number of aliphatic carboxylic acids is 1. The summed E-state index contributed by atoms with van der Waals surface area (Å²) in [6, 6.07) is -1.47. The number of esters is 1. The molecule has 0 bridgehead atoms. The molecule has 0 saturated carbocycles.